The third kappa shape index (κ3) is 4.81. The summed E-state index contributed by atoms with van der Waals surface area (Å²) in [7, 11) is 0. The zero-order valence-corrected chi connectivity index (χ0v) is 11.7. The van der Waals surface area contributed by atoms with Gasteiger partial charge in [-0.3, -0.25) is 0 Å². The van der Waals surface area contributed by atoms with Gasteiger partial charge in [0.15, 0.2) is 0 Å². The molecule has 100 valence electrons. The Morgan fingerprint density at radius 2 is 1.61 bits per heavy atom. The Morgan fingerprint density at radius 1 is 1.00 bits per heavy atom. The third-order valence-electron chi connectivity index (χ3n) is 4.01. The first-order valence-electron chi connectivity index (χ1n) is 7.64. The van der Waals surface area contributed by atoms with Crippen molar-refractivity contribution >= 4 is 0 Å². The Hall–Kier alpha value is -0.820. The number of benzene rings is 1. The molecule has 1 aliphatic carbocycles. The van der Waals surface area contributed by atoms with Crippen molar-refractivity contribution in [3.63, 3.8) is 0 Å². The van der Waals surface area contributed by atoms with E-state index in [2.05, 4.69) is 42.6 Å². The highest BCUT2D eigenvalue weighted by atomic mass is 14.9. The molecular weight excluding hydrogens is 218 g/mol. The predicted molar refractivity (Wildman–Crippen MR) is 78.9 cm³/mol. The Bertz CT molecular complexity index is 312. The fourth-order valence-corrected chi connectivity index (χ4v) is 3.05. The molecule has 0 spiro atoms. The highest BCUT2D eigenvalue weighted by Crippen LogP contribution is 2.18. The molecule has 1 aromatic carbocycles. The predicted octanol–water partition coefficient (Wildman–Crippen LogP) is 4.32. The van der Waals surface area contributed by atoms with Gasteiger partial charge in [-0.25, -0.2) is 0 Å². The quantitative estimate of drug-likeness (QED) is 0.833. The molecule has 1 fully saturated rings. The van der Waals surface area contributed by atoms with Crippen LogP contribution in [0.3, 0.4) is 0 Å². The van der Waals surface area contributed by atoms with Gasteiger partial charge in [0.1, 0.15) is 0 Å². The average molecular weight is 245 g/mol. The van der Waals surface area contributed by atoms with E-state index in [0.29, 0.717) is 6.04 Å². The SMILES string of the molecule is CC(Cc1ccccc1)NC1CCCCCCC1. The fraction of sp³-hybridized carbons (Fsp3) is 0.647. The van der Waals surface area contributed by atoms with Crippen LogP contribution in [0.4, 0.5) is 0 Å². The topological polar surface area (TPSA) is 12.0 Å². The molecule has 1 atom stereocenters. The van der Waals surface area contributed by atoms with Crippen LogP contribution in [0.15, 0.2) is 30.3 Å². The lowest BCUT2D eigenvalue weighted by molar-refractivity contribution is 0.358. The molecule has 1 saturated carbocycles. The molecule has 1 aromatic rings. The van der Waals surface area contributed by atoms with Crippen molar-refractivity contribution in [1.82, 2.24) is 5.32 Å². The molecule has 18 heavy (non-hydrogen) atoms. The highest BCUT2D eigenvalue weighted by molar-refractivity contribution is 5.15. The summed E-state index contributed by atoms with van der Waals surface area (Å²) < 4.78 is 0. The number of hydrogen-bond acceptors (Lipinski definition) is 1. The maximum absolute atomic E-state index is 3.84. The van der Waals surface area contributed by atoms with Gasteiger partial charge in [-0.2, -0.15) is 0 Å². The Labute approximate surface area is 112 Å². The summed E-state index contributed by atoms with van der Waals surface area (Å²) in [5.41, 5.74) is 1.45. The van der Waals surface area contributed by atoms with Crippen LogP contribution in [0.5, 0.6) is 0 Å². The summed E-state index contributed by atoms with van der Waals surface area (Å²) in [5, 5.41) is 3.84. The van der Waals surface area contributed by atoms with E-state index in [4.69, 9.17) is 0 Å². The van der Waals surface area contributed by atoms with E-state index < -0.39 is 0 Å². The molecule has 0 bridgehead atoms. The zero-order chi connectivity index (χ0) is 12.6. The van der Waals surface area contributed by atoms with Crippen molar-refractivity contribution in [3.05, 3.63) is 35.9 Å². The third-order valence-corrected chi connectivity index (χ3v) is 4.01. The van der Waals surface area contributed by atoms with Gasteiger partial charge in [-0.05, 0) is 31.7 Å². The van der Waals surface area contributed by atoms with Crippen molar-refractivity contribution < 1.29 is 0 Å². The van der Waals surface area contributed by atoms with E-state index in [1.807, 2.05) is 0 Å². The minimum absolute atomic E-state index is 0.594. The monoisotopic (exact) mass is 245 g/mol. The van der Waals surface area contributed by atoms with E-state index in [9.17, 15) is 0 Å². The minimum atomic E-state index is 0.594. The normalized spacial score (nSPS) is 20.1. The van der Waals surface area contributed by atoms with Gasteiger partial charge >= 0.3 is 0 Å². The first-order valence-corrected chi connectivity index (χ1v) is 7.64. The molecule has 1 nitrogen and oxygen atoms in total. The molecule has 0 aromatic heterocycles. The van der Waals surface area contributed by atoms with Crippen LogP contribution in [0.25, 0.3) is 0 Å². The molecule has 1 unspecified atom stereocenters. The van der Waals surface area contributed by atoms with Crippen molar-refractivity contribution in [1.29, 1.82) is 0 Å². The maximum Gasteiger partial charge on any atom is 0.00817 e. The zero-order valence-electron chi connectivity index (χ0n) is 11.7. The molecule has 1 N–H and O–H groups in total. The number of rotatable bonds is 4. The first-order chi connectivity index (χ1) is 8.84. The second kappa shape index (κ2) is 7.58. The molecule has 0 amide bonds. The van der Waals surface area contributed by atoms with Crippen LogP contribution in [0.1, 0.15) is 57.4 Å². The molecule has 0 heterocycles. The van der Waals surface area contributed by atoms with Gasteiger partial charge in [0, 0.05) is 12.1 Å². The molecule has 0 aliphatic heterocycles. The van der Waals surface area contributed by atoms with E-state index in [-0.39, 0.29) is 0 Å². The van der Waals surface area contributed by atoms with Crippen molar-refractivity contribution in [2.45, 2.75) is 70.4 Å². The lowest BCUT2D eigenvalue weighted by Crippen LogP contribution is -2.38. The lowest BCUT2D eigenvalue weighted by atomic mass is 9.95. The Balaban J connectivity index is 1.77. The summed E-state index contributed by atoms with van der Waals surface area (Å²) in [6.45, 7) is 2.33. The van der Waals surface area contributed by atoms with Crippen molar-refractivity contribution in [2.75, 3.05) is 0 Å². The Kier molecular flexibility index (Phi) is 5.73. The van der Waals surface area contributed by atoms with Crippen molar-refractivity contribution in [2.24, 2.45) is 0 Å². The van der Waals surface area contributed by atoms with E-state index in [1.165, 1.54) is 50.5 Å². The summed E-state index contributed by atoms with van der Waals surface area (Å²) in [6.07, 6.45) is 11.0. The molecule has 0 radical (unpaired) electrons. The molecule has 2 rings (SSSR count). The second-order valence-corrected chi connectivity index (χ2v) is 5.80. The van der Waals surface area contributed by atoms with E-state index in [0.717, 1.165) is 12.5 Å². The van der Waals surface area contributed by atoms with Gasteiger partial charge in [0.25, 0.3) is 0 Å². The largest absolute Gasteiger partial charge is 0.311 e. The standard InChI is InChI=1S/C17H27N/c1-15(14-16-10-6-5-7-11-16)18-17-12-8-3-2-4-9-13-17/h5-7,10-11,15,17-18H,2-4,8-9,12-14H2,1H3. The molecular formula is C17H27N. The van der Waals surface area contributed by atoms with Gasteiger partial charge in [0.2, 0.25) is 0 Å². The average Bonchev–Trinajstić information content (AvgIpc) is 2.34. The van der Waals surface area contributed by atoms with Crippen LogP contribution >= 0.6 is 0 Å². The number of hydrogen-bond donors (Lipinski definition) is 1. The van der Waals surface area contributed by atoms with Crippen LogP contribution in [-0.4, -0.2) is 12.1 Å². The number of nitrogens with one attached hydrogen (secondary N) is 1. The summed E-state index contributed by atoms with van der Waals surface area (Å²) >= 11 is 0. The van der Waals surface area contributed by atoms with Gasteiger partial charge in [-0.15, -0.1) is 0 Å². The lowest BCUT2D eigenvalue weighted by Gasteiger charge is -2.25. The Morgan fingerprint density at radius 3 is 2.28 bits per heavy atom. The van der Waals surface area contributed by atoms with E-state index in [1.54, 1.807) is 0 Å². The van der Waals surface area contributed by atoms with Crippen LogP contribution < -0.4 is 5.32 Å². The smallest absolute Gasteiger partial charge is 0.00817 e. The van der Waals surface area contributed by atoms with Crippen LogP contribution in [0.2, 0.25) is 0 Å². The second-order valence-electron chi connectivity index (χ2n) is 5.80. The summed E-state index contributed by atoms with van der Waals surface area (Å²) in [4.78, 5) is 0. The van der Waals surface area contributed by atoms with Gasteiger partial charge < -0.3 is 5.32 Å². The summed E-state index contributed by atoms with van der Waals surface area (Å²) in [6, 6.07) is 12.2. The van der Waals surface area contributed by atoms with E-state index >= 15 is 0 Å². The summed E-state index contributed by atoms with van der Waals surface area (Å²) in [5.74, 6) is 0. The van der Waals surface area contributed by atoms with Crippen LogP contribution in [0, 0.1) is 0 Å². The molecule has 1 aliphatic rings. The first kappa shape index (κ1) is 13.6. The minimum Gasteiger partial charge on any atom is -0.311 e. The van der Waals surface area contributed by atoms with Crippen molar-refractivity contribution in [3.8, 4) is 0 Å². The highest BCUT2D eigenvalue weighted by Gasteiger charge is 2.13. The van der Waals surface area contributed by atoms with Crippen LogP contribution in [-0.2, 0) is 6.42 Å². The maximum atomic E-state index is 3.84. The fourth-order valence-electron chi connectivity index (χ4n) is 3.05. The molecule has 1 heteroatoms. The van der Waals surface area contributed by atoms with Gasteiger partial charge in [0.05, 0.1) is 0 Å². The van der Waals surface area contributed by atoms with Gasteiger partial charge in [-0.1, -0.05) is 62.4 Å². The molecule has 0 saturated heterocycles.